The molecule has 0 fully saturated rings. The van der Waals surface area contributed by atoms with E-state index >= 15 is 0 Å². The lowest BCUT2D eigenvalue weighted by molar-refractivity contribution is -0.145. The predicted molar refractivity (Wildman–Crippen MR) is 144 cm³/mol. The summed E-state index contributed by atoms with van der Waals surface area (Å²) in [7, 11) is -3.98. The number of benzene rings is 3. The van der Waals surface area contributed by atoms with Crippen LogP contribution in [0.15, 0.2) is 89.8 Å². The molecule has 1 amide bonds. The van der Waals surface area contributed by atoms with E-state index in [1.54, 1.807) is 30.3 Å². The average molecular weight is 565 g/mol. The number of tetrazole rings is 1. The van der Waals surface area contributed by atoms with Crippen LogP contribution >= 0.6 is 0 Å². The van der Waals surface area contributed by atoms with Crippen LogP contribution < -0.4 is 14.8 Å². The zero-order valence-corrected chi connectivity index (χ0v) is 22.1. The number of amides is 1. The van der Waals surface area contributed by atoms with Crippen LogP contribution in [-0.2, 0) is 32.5 Å². The number of aromatic nitrogens is 4. The molecule has 40 heavy (non-hydrogen) atoms. The monoisotopic (exact) mass is 564 g/mol. The van der Waals surface area contributed by atoms with Gasteiger partial charge in [-0.05, 0) is 54.7 Å². The van der Waals surface area contributed by atoms with Gasteiger partial charge in [0.15, 0.2) is 0 Å². The molecule has 2 atom stereocenters. The number of carbonyl (C=O) groups excluding carboxylic acids is 1. The van der Waals surface area contributed by atoms with Crippen LogP contribution in [0.1, 0.15) is 29.5 Å². The van der Waals surface area contributed by atoms with Crippen LogP contribution in [0.4, 0.5) is 0 Å². The Bertz CT molecular complexity index is 1480. The molecular weight excluding hydrogens is 536 g/mol. The second kappa shape index (κ2) is 13.4. The number of rotatable bonds is 14. The maximum absolute atomic E-state index is 13.1. The number of aryl methyl sites for hydroxylation is 1. The number of ether oxygens (including phenoxy) is 1. The van der Waals surface area contributed by atoms with Crippen molar-refractivity contribution >= 4 is 21.9 Å². The third-order valence-electron chi connectivity index (χ3n) is 5.89. The first kappa shape index (κ1) is 28.4. The normalized spacial score (nSPS) is 12.8. The number of hydrogen-bond acceptors (Lipinski definition) is 8. The molecule has 13 heteroatoms. The molecular formula is C27H28N6O6S. The van der Waals surface area contributed by atoms with E-state index in [1.807, 2.05) is 30.3 Å². The lowest BCUT2D eigenvalue weighted by Gasteiger charge is -2.19. The number of carboxylic acid groups (broad SMARTS) is 1. The minimum atomic E-state index is -3.98. The minimum Gasteiger partial charge on any atom is -0.478 e. The van der Waals surface area contributed by atoms with Gasteiger partial charge in [0.25, 0.3) is 6.10 Å². The second-order valence-corrected chi connectivity index (χ2v) is 10.5. The first-order valence-electron chi connectivity index (χ1n) is 12.4. The standard InChI is InChI=1S/C27H28N6O6S/c34-26(28-17-7-10-19-8-3-1-4-9-19)23(31-40(37,38)22-11-5-2-6-12-22)18-20-13-15-21(16-14-20)39-24(27(35)36)25-29-32-33-30-25/h1-6,8-9,11-16,23-24,31H,7,10,17-18H2,(H,28,34)(H,35,36)(H,29,30,32,33)/t23-,24?/m0/s1. The topological polar surface area (TPSA) is 176 Å². The molecule has 208 valence electrons. The largest absolute Gasteiger partial charge is 0.478 e. The fourth-order valence-electron chi connectivity index (χ4n) is 3.88. The van der Waals surface area contributed by atoms with E-state index in [4.69, 9.17) is 4.74 Å². The molecule has 0 aliphatic rings. The lowest BCUT2D eigenvalue weighted by Crippen LogP contribution is -2.48. The molecule has 0 radical (unpaired) electrons. The van der Waals surface area contributed by atoms with Gasteiger partial charge in [-0.2, -0.15) is 9.94 Å². The summed E-state index contributed by atoms with van der Waals surface area (Å²) < 4.78 is 34.0. The van der Waals surface area contributed by atoms with E-state index in [-0.39, 0.29) is 22.9 Å². The molecule has 0 aliphatic carbocycles. The van der Waals surface area contributed by atoms with Gasteiger partial charge in [-0.15, -0.1) is 10.2 Å². The molecule has 4 aromatic rings. The maximum Gasteiger partial charge on any atom is 0.353 e. The van der Waals surface area contributed by atoms with Crippen molar-refractivity contribution < 1.29 is 27.9 Å². The van der Waals surface area contributed by atoms with Gasteiger partial charge in [0.2, 0.25) is 21.8 Å². The van der Waals surface area contributed by atoms with Gasteiger partial charge < -0.3 is 15.2 Å². The van der Waals surface area contributed by atoms with Crippen LogP contribution in [0.3, 0.4) is 0 Å². The van der Waals surface area contributed by atoms with Crippen molar-refractivity contribution in [2.24, 2.45) is 0 Å². The van der Waals surface area contributed by atoms with Crippen LogP contribution in [0.5, 0.6) is 5.75 Å². The van der Waals surface area contributed by atoms with Crippen molar-refractivity contribution in [3.63, 3.8) is 0 Å². The van der Waals surface area contributed by atoms with Gasteiger partial charge in [0.1, 0.15) is 11.8 Å². The Kier molecular flexibility index (Phi) is 9.54. The molecule has 4 rings (SSSR count). The number of nitrogens with zero attached hydrogens (tertiary/aromatic N) is 3. The van der Waals surface area contributed by atoms with Gasteiger partial charge in [-0.25, -0.2) is 13.2 Å². The van der Waals surface area contributed by atoms with E-state index < -0.39 is 34.0 Å². The Morgan fingerprint density at radius 2 is 1.60 bits per heavy atom. The number of carbonyl (C=O) groups is 2. The number of aliphatic carboxylic acids is 1. The number of sulfonamides is 1. The summed E-state index contributed by atoms with van der Waals surface area (Å²) in [6, 6.07) is 22.8. The number of hydrogen-bond donors (Lipinski definition) is 4. The molecule has 0 saturated carbocycles. The molecule has 0 spiro atoms. The molecule has 0 aliphatic heterocycles. The van der Waals surface area contributed by atoms with E-state index in [2.05, 4.69) is 30.7 Å². The molecule has 0 bridgehead atoms. The molecule has 4 N–H and O–H groups in total. The highest BCUT2D eigenvalue weighted by Crippen LogP contribution is 2.21. The van der Waals surface area contributed by atoms with Crippen molar-refractivity contribution in [1.29, 1.82) is 0 Å². The summed E-state index contributed by atoms with van der Waals surface area (Å²) >= 11 is 0. The molecule has 1 unspecified atom stereocenters. The van der Waals surface area contributed by atoms with Crippen LogP contribution in [0, 0.1) is 0 Å². The van der Waals surface area contributed by atoms with Gasteiger partial charge in [0.05, 0.1) is 4.90 Å². The van der Waals surface area contributed by atoms with Crippen LogP contribution in [-0.4, -0.2) is 58.6 Å². The Morgan fingerprint density at radius 3 is 2.23 bits per heavy atom. The zero-order valence-electron chi connectivity index (χ0n) is 21.3. The fraction of sp³-hybridized carbons (Fsp3) is 0.222. The van der Waals surface area contributed by atoms with E-state index in [0.717, 1.165) is 12.0 Å². The highest BCUT2D eigenvalue weighted by molar-refractivity contribution is 7.89. The smallest absolute Gasteiger partial charge is 0.353 e. The highest BCUT2D eigenvalue weighted by atomic mass is 32.2. The number of aromatic amines is 1. The lowest BCUT2D eigenvalue weighted by atomic mass is 10.1. The zero-order chi connectivity index (χ0) is 28.4. The van der Waals surface area contributed by atoms with Crippen LogP contribution in [0.2, 0.25) is 0 Å². The fourth-order valence-corrected chi connectivity index (χ4v) is 5.10. The molecule has 0 saturated heterocycles. The van der Waals surface area contributed by atoms with E-state index in [9.17, 15) is 23.1 Å². The molecule has 3 aromatic carbocycles. The van der Waals surface area contributed by atoms with Gasteiger partial charge in [0, 0.05) is 6.54 Å². The summed E-state index contributed by atoms with van der Waals surface area (Å²) in [5, 5.41) is 25.1. The quantitative estimate of drug-likeness (QED) is 0.167. The van der Waals surface area contributed by atoms with E-state index in [0.29, 0.717) is 18.5 Å². The third-order valence-corrected chi connectivity index (χ3v) is 7.38. The molecule has 1 heterocycles. The van der Waals surface area contributed by atoms with Gasteiger partial charge >= 0.3 is 5.97 Å². The Labute approximate surface area is 230 Å². The number of nitrogens with one attached hydrogen (secondary N) is 3. The van der Waals surface area contributed by atoms with Crippen molar-refractivity contribution in [3.05, 3.63) is 102 Å². The number of H-pyrrole nitrogens is 1. The summed E-state index contributed by atoms with van der Waals surface area (Å²) in [5.41, 5.74) is 1.77. The van der Waals surface area contributed by atoms with Gasteiger partial charge in [-0.3, -0.25) is 4.79 Å². The van der Waals surface area contributed by atoms with E-state index in [1.165, 1.54) is 24.3 Å². The Morgan fingerprint density at radius 1 is 0.925 bits per heavy atom. The first-order valence-corrected chi connectivity index (χ1v) is 13.9. The van der Waals surface area contributed by atoms with Gasteiger partial charge in [-0.1, -0.05) is 65.9 Å². The van der Waals surface area contributed by atoms with Crippen LogP contribution in [0.25, 0.3) is 0 Å². The second-order valence-electron chi connectivity index (χ2n) is 8.82. The number of carboxylic acids is 1. The summed E-state index contributed by atoms with van der Waals surface area (Å²) in [6.45, 7) is 0.372. The highest BCUT2D eigenvalue weighted by Gasteiger charge is 2.28. The SMILES string of the molecule is O=C(O)C(Oc1ccc(C[C@H](NS(=O)(=O)c2ccccc2)C(=O)NCCCc2ccccc2)cc1)c1nn[nH]n1. The third kappa shape index (κ3) is 7.94. The van der Waals surface area contributed by atoms with Crippen molar-refractivity contribution in [3.8, 4) is 5.75 Å². The van der Waals surface area contributed by atoms with Crippen molar-refractivity contribution in [2.75, 3.05) is 6.54 Å². The summed E-state index contributed by atoms with van der Waals surface area (Å²) in [6.07, 6.45) is 0.0240. The first-order chi connectivity index (χ1) is 19.3. The summed E-state index contributed by atoms with van der Waals surface area (Å²) in [4.78, 5) is 24.8. The molecule has 1 aromatic heterocycles. The Balaban J connectivity index is 1.44. The average Bonchev–Trinajstić information content (AvgIpc) is 3.50. The maximum atomic E-state index is 13.1. The van der Waals surface area contributed by atoms with Crippen molar-refractivity contribution in [1.82, 2.24) is 30.7 Å². The van der Waals surface area contributed by atoms with Crippen molar-refractivity contribution in [2.45, 2.75) is 36.3 Å². The summed E-state index contributed by atoms with van der Waals surface area (Å²) in [5.74, 6) is -1.69. The Hall–Kier alpha value is -4.62. The minimum absolute atomic E-state index is 0.0433. The molecule has 12 nitrogen and oxygen atoms in total. The predicted octanol–water partition coefficient (Wildman–Crippen LogP) is 2.04.